The molecule has 2 aromatic rings. The predicted molar refractivity (Wildman–Crippen MR) is 161 cm³/mol. The Kier molecular flexibility index (Phi) is 9.25. The number of rotatable bonds is 9. The molecular formula is C32H44N6O3. The van der Waals surface area contributed by atoms with Crippen LogP contribution in [0.25, 0.3) is 0 Å². The highest BCUT2D eigenvalue weighted by Gasteiger charge is 2.40. The average Bonchev–Trinajstić information content (AvgIpc) is 3.76. The Morgan fingerprint density at radius 2 is 1.61 bits per heavy atom. The molecule has 0 unspecified atom stereocenters. The van der Waals surface area contributed by atoms with E-state index in [0.717, 1.165) is 38.0 Å². The molecule has 2 aliphatic heterocycles. The first-order valence-corrected chi connectivity index (χ1v) is 14.9. The minimum atomic E-state index is -0.893. The van der Waals surface area contributed by atoms with Gasteiger partial charge in [0.05, 0.1) is 6.42 Å². The van der Waals surface area contributed by atoms with Gasteiger partial charge in [-0.15, -0.1) is 0 Å². The molecule has 2 saturated heterocycles. The highest BCUT2D eigenvalue weighted by Crippen LogP contribution is 2.41. The van der Waals surface area contributed by atoms with Crippen LogP contribution < -0.4 is 15.5 Å². The number of benzene rings is 2. The molecule has 9 nitrogen and oxygen atoms in total. The summed E-state index contributed by atoms with van der Waals surface area (Å²) in [6.45, 7) is 4.05. The second kappa shape index (κ2) is 13.0. The number of carbonyl (C=O) groups is 3. The molecular weight excluding hydrogens is 516 g/mol. The van der Waals surface area contributed by atoms with Gasteiger partial charge in [-0.05, 0) is 50.1 Å². The number of hydrogen-bond acceptors (Lipinski definition) is 6. The molecule has 9 heteroatoms. The Hall–Kier alpha value is -3.43. The van der Waals surface area contributed by atoms with Crippen molar-refractivity contribution >= 4 is 23.4 Å². The molecule has 3 fully saturated rings. The van der Waals surface area contributed by atoms with Gasteiger partial charge >= 0.3 is 0 Å². The van der Waals surface area contributed by atoms with Crippen molar-refractivity contribution in [2.24, 2.45) is 0 Å². The third kappa shape index (κ3) is 7.45. The Labute approximate surface area is 243 Å². The number of nitrogens with one attached hydrogen (secondary N) is 2. The Balaban J connectivity index is 1.18. The van der Waals surface area contributed by atoms with E-state index in [4.69, 9.17) is 0 Å². The summed E-state index contributed by atoms with van der Waals surface area (Å²) >= 11 is 0. The number of amides is 3. The molecule has 2 heterocycles. The van der Waals surface area contributed by atoms with Gasteiger partial charge in [0.25, 0.3) is 5.91 Å². The van der Waals surface area contributed by atoms with Gasteiger partial charge in [-0.25, -0.2) is 0 Å². The van der Waals surface area contributed by atoms with E-state index in [2.05, 4.69) is 45.9 Å². The fraction of sp³-hybridized carbons (Fsp3) is 0.531. The van der Waals surface area contributed by atoms with Crippen molar-refractivity contribution < 1.29 is 14.4 Å². The molecule has 5 rings (SSSR count). The van der Waals surface area contributed by atoms with Gasteiger partial charge in [0, 0.05) is 82.6 Å². The zero-order valence-corrected chi connectivity index (χ0v) is 24.6. The summed E-state index contributed by atoms with van der Waals surface area (Å²) in [6.07, 6.45) is 2.92. The maximum atomic E-state index is 13.6. The van der Waals surface area contributed by atoms with Crippen LogP contribution in [0.15, 0.2) is 54.6 Å². The van der Waals surface area contributed by atoms with Crippen molar-refractivity contribution in [2.45, 2.75) is 49.7 Å². The van der Waals surface area contributed by atoms with E-state index in [1.165, 1.54) is 5.56 Å². The van der Waals surface area contributed by atoms with Gasteiger partial charge in [-0.3, -0.25) is 14.4 Å². The molecule has 0 radical (unpaired) electrons. The van der Waals surface area contributed by atoms with E-state index in [9.17, 15) is 14.4 Å². The second-order valence-corrected chi connectivity index (χ2v) is 12.0. The van der Waals surface area contributed by atoms with Crippen LogP contribution in [0.5, 0.6) is 0 Å². The van der Waals surface area contributed by atoms with E-state index < -0.39 is 6.04 Å². The lowest BCUT2D eigenvalue weighted by atomic mass is 10.0. The first-order chi connectivity index (χ1) is 19.8. The van der Waals surface area contributed by atoms with Crippen molar-refractivity contribution in [1.29, 1.82) is 0 Å². The fourth-order valence-electron chi connectivity index (χ4n) is 5.96. The van der Waals surface area contributed by atoms with Gasteiger partial charge in [0.15, 0.2) is 0 Å². The monoisotopic (exact) mass is 560 g/mol. The first-order valence-electron chi connectivity index (χ1n) is 14.9. The molecule has 1 aliphatic carbocycles. The van der Waals surface area contributed by atoms with E-state index >= 15 is 0 Å². The minimum absolute atomic E-state index is 0.0267. The van der Waals surface area contributed by atoms with Crippen LogP contribution in [0, 0.1) is 0 Å². The summed E-state index contributed by atoms with van der Waals surface area (Å²) in [5, 5.41) is 6.72. The molecule has 41 heavy (non-hydrogen) atoms. The summed E-state index contributed by atoms with van der Waals surface area (Å²) in [4.78, 5) is 48.1. The SMILES string of the molecule is CN1CCN(C(=O)[C@H](CC(=O)N2CCC(N[C@@H]3C[C@H]3c3ccccc3)CC2)NC(=O)c2cccc(N(C)C)c2)CC1. The smallest absolute Gasteiger partial charge is 0.252 e. The minimum Gasteiger partial charge on any atom is -0.378 e. The van der Waals surface area contributed by atoms with Crippen molar-refractivity contribution in [3.63, 3.8) is 0 Å². The average molecular weight is 561 g/mol. The quantitative estimate of drug-likeness (QED) is 0.489. The Bertz CT molecular complexity index is 1200. The maximum Gasteiger partial charge on any atom is 0.252 e. The van der Waals surface area contributed by atoms with Crippen LogP contribution in [0.4, 0.5) is 5.69 Å². The number of hydrogen-bond donors (Lipinski definition) is 2. The highest BCUT2D eigenvalue weighted by molar-refractivity contribution is 5.99. The molecule has 0 spiro atoms. The number of likely N-dealkylation sites (tertiary alicyclic amines) is 1. The van der Waals surface area contributed by atoms with E-state index in [0.29, 0.717) is 49.7 Å². The van der Waals surface area contributed by atoms with E-state index in [-0.39, 0.29) is 24.1 Å². The summed E-state index contributed by atoms with van der Waals surface area (Å²) < 4.78 is 0. The third-order valence-electron chi connectivity index (χ3n) is 8.74. The zero-order chi connectivity index (χ0) is 28.9. The molecule has 2 N–H and O–H groups in total. The van der Waals surface area contributed by atoms with Crippen LogP contribution in [-0.2, 0) is 9.59 Å². The first kappa shape index (κ1) is 29.1. The number of likely N-dealkylation sites (N-methyl/N-ethyl adjacent to an activating group) is 1. The Morgan fingerprint density at radius 1 is 0.902 bits per heavy atom. The summed E-state index contributed by atoms with van der Waals surface area (Å²) in [5.41, 5.74) is 2.76. The van der Waals surface area contributed by atoms with Gasteiger partial charge in [0.1, 0.15) is 6.04 Å². The molecule has 3 atom stereocenters. The van der Waals surface area contributed by atoms with Gasteiger partial charge in [0.2, 0.25) is 11.8 Å². The molecule has 3 amide bonds. The number of piperazine rings is 1. The number of piperidine rings is 1. The molecule has 220 valence electrons. The van der Waals surface area contributed by atoms with Crippen LogP contribution in [0.3, 0.4) is 0 Å². The molecule has 3 aliphatic rings. The van der Waals surface area contributed by atoms with E-state index in [1.54, 1.807) is 17.0 Å². The normalized spacial score (nSPS) is 22.2. The summed E-state index contributed by atoms with van der Waals surface area (Å²) in [6, 6.07) is 18.0. The predicted octanol–water partition coefficient (Wildman–Crippen LogP) is 2.15. The van der Waals surface area contributed by atoms with Crippen molar-refractivity contribution in [2.75, 3.05) is 65.3 Å². The zero-order valence-electron chi connectivity index (χ0n) is 24.6. The van der Waals surface area contributed by atoms with Crippen molar-refractivity contribution in [3.05, 3.63) is 65.7 Å². The molecule has 0 bridgehead atoms. The lowest BCUT2D eigenvalue weighted by Gasteiger charge is -2.36. The second-order valence-electron chi connectivity index (χ2n) is 12.0. The van der Waals surface area contributed by atoms with Crippen molar-refractivity contribution in [1.82, 2.24) is 25.3 Å². The van der Waals surface area contributed by atoms with E-state index in [1.807, 2.05) is 43.1 Å². The maximum absolute atomic E-state index is 13.6. The fourth-order valence-corrected chi connectivity index (χ4v) is 5.96. The number of carbonyl (C=O) groups excluding carboxylic acids is 3. The molecule has 1 saturated carbocycles. The van der Waals surface area contributed by atoms with Crippen LogP contribution in [0.1, 0.15) is 47.5 Å². The molecule has 0 aromatic heterocycles. The largest absolute Gasteiger partial charge is 0.378 e. The molecule has 2 aromatic carbocycles. The summed E-state index contributed by atoms with van der Waals surface area (Å²) in [5.74, 6) is -0.0128. The van der Waals surface area contributed by atoms with Gasteiger partial charge in [-0.1, -0.05) is 36.4 Å². The third-order valence-corrected chi connectivity index (χ3v) is 8.74. The lowest BCUT2D eigenvalue weighted by molar-refractivity contribution is -0.140. The number of nitrogens with zero attached hydrogens (tertiary/aromatic N) is 4. The summed E-state index contributed by atoms with van der Waals surface area (Å²) in [7, 11) is 5.87. The lowest BCUT2D eigenvalue weighted by Crippen LogP contribution is -2.56. The van der Waals surface area contributed by atoms with Crippen LogP contribution in [-0.4, -0.2) is 111 Å². The standard InChI is InChI=1S/C32H44N6O3/c1-35(2)26-11-7-10-24(20-26)31(40)34-29(32(41)38-18-16-36(3)17-19-38)22-30(39)37-14-12-25(13-15-37)33-28-21-27(28)23-8-5-4-6-9-23/h4-11,20,25,27-29,33H,12-19,21-22H2,1-3H3,(H,34,40)/t27-,28+,29-/m0/s1. The van der Waals surface area contributed by atoms with Gasteiger partial charge in [-0.2, -0.15) is 0 Å². The van der Waals surface area contributed by atoms with Crippen LogP contribution in [0.2, 0.25) is 0 Å². The topological polar surface area (TPSA) is 88.2 Å². The van der Waals surface area contributed by atoms with Crippen molar-refractivity contribution in [3.8, 4) is 0 Å². The highest BCUT2D eigenvalue weighted by atomic mass is 16.2. The van der Waals surface area contributed by atoms with Crippen LogP contribution >= 0.6 is 0 Å². The van der Waals surface area contributed by atoms with Gasteiger partial charge < -0.3 is 30.2 Å². The Morgan fingerprint density at radius 3 is 2.29 bits per heavy atom. The number of anilines is 1.